The second-order valence-corrected chi connectivity index (χ2v) is 0.925. The molecule has 0 amide bonds. The van der Waals surface area contributed by atoms with E-state index in [9.17, 15) is 4.79 Å². The Bertz CT molecular complexity index is 109. The van der Waals surface area contributed by atoms with Gasteiger partial charge in [0.2, 0.25) is 0 Å². The highest BCUT2D eigenvalue weighted by Gasteiger charge is 1.99. The Hall–Kier alpha value is -1.03. The maximum atomic E-state index is 10.0. The van der Waals surface area contributed by atoms with Gasteiger partial charge in [0, 0.05) is 5.64 Å². The van der Waals surface area contributed by atoms with E-state index in [0.717, 1.165) is 6.08 Å². The van der Waals surface area contributed by atoms with E-state index in [1.165, 1.54) is 6.26 Å². The number of hydrogen-bond acceptors (Lipinski definition) is 4. The molecule has 0 saturated heterocycles. The lowest BCUT2D eigenvalue weighted by Gasteiger charge is -2.03. The highest BCUT2D eigenvalue weighted by molar-refractivity contribution is 5.81. The van der Waals surface area contributed by atoms with Crippen LogP contribution in [0.3, 0.4) is 0 Å². The highest BCUT2D eigenvalue weighted by atomic mass is 16.9. The Labute approximate surface area is 39.6 Å². The molecule has 1 N–H and O–H groups in total. The normalized spacial score (nSPS) is 18.0. The van der Waals surface area contributed by atoms with E-state index >= 15 is 0 Å². The SMILES string of the molecule is O=C1C=CONO1. The summed E-state index contributed by atoms with van der Waals surface area (Å²) in [5.41, 5.74) is 1.90. The first-order valence-corrected chi connectivity index (χ1v) is 1.67. The molecule has 0 radical (unpaired) electrons. The number of hydrogen-bond donors (Lipinski definition) is 1. The molecular formula is C3H3NO3. The van der Waals surface area contributed by atoms with Crippen molar-refractivity contribution in [2.24, 2.45) is 0 Å². The lowest BCUT2D eigenvalue weighted by atomic mass is 10.6. The molecule has 0 aromatic heterocycles. The van der Waals surface area contributed by atoms with Crippen LogP contribution in [0.25, 0.3) is 0 Å². The van der Waals surface area contributed by atoms with Gasteiger partial charge < -0.3 is 9.68 Å². The average molecular weight is 101 g/mol. The van der Waals surface area contributed by atoms with E-state index in [2.05, 4.69) is 9.68 Å². The fourth-order valence-electron chi connectivity index (χ4n) is 0.216. The summed E-state index contributed by atoms with van der Waals surface area (Å²) in [5.74, 6) is -0.453. The third-order valence-electron chi connectivity index (χ3n) is 0.463. The summed E-state index contributed by atoms with van der Waals surface area (Å²) < 4.78 is 0. The molecule has 4 heteroatoms. The topological polar surface area (TPSA) is 47.6 Å². The number of nitrogens with one attached hydrogen (secondary N) is 1. The predicted molar refractivity (Wildman–Crippen MR) is 19.5 cm³/mol. The van der Waals surface area contributed by atoms with E-state index in [0.29, 0.717) is 0 Å². The molecule has 0 spiro atoms. The van der Waals surface area contributed by atoms with Crippen LogP contribution in [0.15, 0.2) is 12.3 Å². The molecule has 7 heavy (non-hydrogen) atoms. The van der Waals surface area contributed by atoms with Gasteiger partial charge >= 0.3 is 5.97 Å². The van der Waals surface area contributed by atoms with E-state index in [4.69, 9.17) is 0 Å². The van der Waals surface area contributed by atoms with Crippen LogP contribution < -0.4 is 5.64 Å². The van der Waals surface area contributed by atoms with Crippen LogP contribution in [0.2, 0.25) is 0 Å². The monoisotopic (exact) mass is 101 g/mol. The summed E-state index contributed by atoms with van der Waals surface area (Å²) in [6.45, 7) is 0. The fourth-order valence-corrected chi connectivity index (χ4v) is 0.216. The minimum atomic E-state index is -0.453. The van der Waals surface area contributed by atoms with Gasteiger partial charge in [0.05, 0.1) is 6.08 Å². The van der Waals surface area contributed by atoms with Crippen molar-refractivity contribution in [3.05, 3.63) is 12.3 Å². The van der Waals surface area contributed by atoms with Crippen molar-refractivity contribution in [2.45, 2.75) is 0 Å². The summed E-state index contributed by atoms with van der Waals surface area (Å²) in [7, 11) is 0. The molecule has 1 aliphatic rings. The quantitative estimate of drug-likeness (QED) is 0.446. The molecule has 0 saturated carbocycles. The van der Waals surface area contributed by atoms with Gasteiger partial charge in [0.25, 0.3) is 0 Å². The fraction of sp³-hybridized carbons (Fsp3) is 0. The van der Waals surface area contributed by atoms with Gasteiger partial charge in [0.15, 0.2) is 0 Å². The molecule has 0 aromatic rings. The van der Waals surface area contributed by atoms with E-state index < -0.39 is 5.97 Å². The zero-order valence-electron chi connectivity index (χ0n) is 3.38. The molecule has 0 atom stereocenters. The third kappa shape index (κ3) is 0.902. The number of carbonyl (C=O) groups is 1. The lowest BCUT2D eigenvalue weighted by molar-refractivity contribution is -0.178. The van der Waals surface area contributed by atoms with E-state index in [-0.39, 0.29) is 0 Å². The first kappa shape index (κ1) is 4.14. The molecule has 38 valence electrons. The van der Waals surface area contributed by atoms with Crippen LogP contribution in [-0.4, -0.2) is 5.97 Å². The Morgan fingerprint density at radius 2 is 2.57 bits per heavy atom. The molecule has 0 fully saturated rings. The maximum absolute atomic E-state index is 10.0. The summed E-state index contributed by atoms with van der Waals surface area (Å²) >= 11 is 0. The Morgan fingerprint density at radius 3 is 2.86 bits per heavy atom. The molecule has 4 nitrogen and oxygen atoms in total. The third-order valence-corrected chi connectivity index (χ3v) is 0.463. The van der Waals surface area contributed by atoms with Gasteiger partial charge in [0.1, 0.15) is 6.26 Å². The number of rotatable bonds is 0. The maximum Gasteiger partial charge on any atom is 0.356 e. The van der Waals surface area contributed by atoms with Crippen LogP contribution in [0.1, 0.15) is 0 Å². The van der Waals surface area contributed by atoms with Crippen LogP contribution >= 0.6 is 0 Å². The second-order valence-electron chi connectivity index (χ2n) is 0.925. The smallest absolute Gasteiger partial charge is 0.356 e. The molecule has 1 aliphatic heterocycles. The zero-order valence-corrected chi connectivity index (χ0v) is 3.38. The zero-order chi connectivity index (χ0) is 5.11. The van der Waals surface area contributed by atoms with Crippen molar-refractivity contribution < 1.29 is 14.5 Å². The molecule has 0 aliphatic carbocycles. The van der Waals surface area contributed by atoms with Crippen LogP contribution in [0.5, 0.6) is 0 Å². The predicted octanol–water partition coefficient (Wildman–Crippen LogP) is -0.507. The van der Waals surface area contributed by atoms with Gasteiger partial charge in [-0.1, -0.05) is 0 Å². The summed E-state index contributed by atoms with van der Waals surface area (Å²) in [6.07, 6.45) is 2.36. The minimum Gasteiger partial charge on any atom is -0.381 e. The van der Waals surface area contributed by atoms with E-state index in [1.54, 1.807) is 0 Å². The minimum absolute atomic E-state index is 0.453. The van der Waals surface area contributed by atoms with Crippen LogP contribution in [0, 0.1) is 0 Å². The van der Waals surface area contributed by atoms with Crippen molar-refractivity contribution >= 4 is 5.97 Å². The number of carbonyl (C=O) groups excluding carboxylic acids is 1. The lowest BCUT2D eigenvalue weighted by Crippen LogP contribution is -2.20. The van der Waals surface area contributed by atoms with Gasteiger partial charge in [-0.3, -0.25) is 0 Å². The van der Waals surface area contributed by atoms with Gasteiger partial charge in [-0.2, -0.15) is 0 Å². The standard InChI is InChI=1S/C3H3NO3/c5-3-1-2-6-4-7-3/h1-2,4H. The Balaban J connectivity index is 2.51. The van der Waals surface area contributed by atoms with E-state index in [1.807, 2.05) is 5.64 Å². The van der Waals surface area contributed by atoms with Crippen LogP contribution in [0.4, 0.5) is 0 Å². The molecule has 0 bridgehead atoms. The summed E-state index contributed by atoms with van der Waals surface area (Å²) in [6, 6.07) is 0. The summed E-state index contributed by atoms with van der Waals surface area (Å²) in [5, 5.41) is 0. The van der Waals surface area contributed by atoms with Crippen molar-refractivity contribution in [1.82, 2.24) is 5.64 Å². The summed E-state index contributed by atoms with van der Waals surface area (Å²) in [4.78, 5) is 18.4. The van der Waals surface area contributed by atoms with Crippen molar-refractivity contribution in [3.8, 4) is 0 Å². The molecule has 0 aromatic carbocycles. The average Bonchev–Trinajstić information content (AvgIpc) is 1.69. The largest absolute Gasteiger partial charge is 0.381 e. The van der Waals surface area contributed by atoms with Crippen LogP contribution in [-0.2, 0) is 14.5 Å². The Kier molecular flexibility index (Phi) is 0.953. The first-order valence-electron chi connectivity index (χ1n) is 1.67. The Morgan fingerprint density at radius 1 is 1.71 bits per heavy atom. The highest BCUT2D eigenvalue weighted by Crippen LogP contribution is 1.84. The molecule has 1 heterocycles. The molecule has 0 unspecified atom stereocenters. The first-order chi connectivity index (χ1) is 3.39. The molecule has 1 rings (SSSR count). The van der Waals surface area contributed by atoms with Crippen molar-refractivity contribution in [3.63, 3.8) is 0 Å². The molecular weight excluding hydrogens is 98.0 g/mol. The second kappa shape index (κ2) is 1.61. The van der Waals surface area contributed by atoms with Crippen molar-refractivity contribution in [2.75, 3.05) is 0 Å². The van der Waals surface area contributed by atoms with Gasteiger partial charge in [-0.15, -0.1) is 0 Å². The van der Waals surface area contributed by atoms with Gasteiger partial charge in [-0.05, 0) is 0 Å². The van der Waals surface area contributed by atoms with Crippen molar-refractivity contribution in [1.29, 1.82) is 0 Å². The van der Waals surface area contributed by atoms with Gasteiger partial charge in [-0.25, -0.2) is 4.79 Å².